The minimum Gasteiger partial charge on any atom is -0.463 e. The van der Waals surface area contributed by atoms with Crippen molar-refractivity contribution in [2.24, 2.45) is 0 Å². The Bertz CT molecular complexity index is 326. The second-order valence-electron chi connectivity index (χ2n) is 7.52. The van der Waals surface area contributed by atoms with Gasteiger partial charge in [-0.25, -0.2) is 0 Å². The lowest BCUT2D eigenvalue weighted by Gasteiger charge is -2.05. The molecule has 0 rings (SSSR count). The molecule has 0 aromatic carbocycles. The van der Waals surface area contributed by atoms with Crippen LogP contribution in [-0.2, 0) is 14.3 Å². The van der Waals surface area contributed by atoms with E-state index in [-0.39, 0.29) is 5.97 Å². The van der Waals surface area contributed by atoms with Crippen LogP contribution in [0.25, 0.3) is 0 Å². The molecule has 0 N–H and O–H groups in total. The fraction of sp³-hybridized carbons (Fsp3) is 0.875. The Hall–Kier alpha value is -0.830. The molecule has 0 unspecified atom stereocenters. The van der Waals surface area contributed by atoms with Gasteiger partial charge in [-0.1, -0.05) is 83.8 Å². The maximum absolute atomic E-state index is 11.6. The molecule has 0 aromatic heterocycles. The van der Waals surface area contributed by atoms with Crippen LogP contribution in [0.4, 0.5) is 0 Å². The SMILES string of the molecule is CCCCCCCC/C=C/CCCCCCCC(=O)OCCOCCCC. The molecular weight excluding hydrogens is 336 g/mol. The maximum atomic E-state index is 11.6. The smallest absolute Gasteiger partial charge is 0.305 e. The van der Waals surface area contributed by atoms with E-state index in [2.05, 4.69) is 26.0 Å². The molecule has 0 atom stereocenters. The van der Waals surface area contributed by atoms with Crippen molar-refractivity contribution in [3.63, 3.8) is 0 Å². The van der Waals surface area contributed by atoms with E-state index in [1.807, 2.05) is 0 Å². The fourth-order valence-electron chi connectivity index (χ4n) is 2.98. The molecule has 0 aliphatic heterocycles. The predicted octanol–water partition coefficient (Wildman–Crippen LogP) is 7.38. The Morgan fingerprint density at radius 3 is 1.81 bits per heavy atom. The molecular formula is C24H46O3. The van der Waals surface area contributed by atoms with Gasteiger partial charge in [0.2, 0.25) is 0 Å². The van der Waals surface area contributed by atoms with Crippen LogP contribution in [0.2, 0.25) is 0 Å². The lowest BCUT2D eigenvalue weighted by atomic mass is 10.1. The largest absolute Gasteiger partial charge is 0.463 e. The molecule has 0 fully saturated rings. The molecule has 0 bridgehead atoms. The minimum atomic E-state index is -0.0771. The van der Waals surface area contributed by atoms with E-state index < -0.39 is 0 Å². The van der Waals surface area contributed by atoms with E-state index in [0.29, 0.717) is 19.6 Å². The Morgan fingerprint density at radius 2 is 1.19 bits per heavy atom. The van der Waals surface area contributed by atoms with Crippen molar-refractivity contribution in [2.75, 3.05) is 19.8 Å². The van der Waals surface area contributed by atoms with Crippen LogP contribution in [0.15, 0.2) is 12.2 Å². The zero-order chi connectivity index (χ0) is 19.8. The second kappa shape index (κ2) is 23.2. The third-order valence-corrected chi connectivity index (χ3v) is 4.78. The summed E-state index contributed by atoms with van der Waals surface area (Å²) in [6.07, 6.45) is 24.0. The average molecular weight is 383 g/mol. The Morgan fingerprint density at radius 1 is 0.630 bits per heavy atom. The molecule has 0 radical (unpaired) electrons. The molecule has 0 saturated heterocycles. The molecule has 0 spiro atoms. The molecule has 3 nitrogen and oxygen atoms in total. The van der Waals surface area contributed by atoms with Crippen LogP contribution < -0.4 is 0 Å². The molecule has 0 heterocycles. The molecule has 0 amide bonds. The Labute approximate surface area is 169 Å². The van der Waals surface area contributed by atoms with E-state index >= 15 is 0 Å². The molecule has 27 heavy (non-hydrogen) atoms. The first-order chi connectivity index (χ1) is 13.3. The number of carbonyl (C=O) groups excluding carboxylic acids is 1. The quantitative estimate of drug-likeness (QED) is 0.118. The first-order valence-electron chi connectivity index (χ1n) is 11.7. The standard InChI is InChI=1S/C24H46O3/c1-3-5-7-8-9-10-11-12-13-14-15-16-17-18-19-20-24(25)27-23-22-26-21-6-4-2/h12-13H,3-11,14-23H2,1-2H3/b13-12+. The number of hydrogen-bond donors (Lipinski definition) is 0. The number of carbonyl (C=O) groups is 1. The number of rotatable bonds is 21. The van der Waals surface area contributed by atoms with Gasteiger partial charge in [0.15, 0.2) is 0 Å². The summed E-state index contributed by atoms with van der Waals surface area (Å²) in [4.78, 5) is 11.6. The third-order valence-electron chi connectivity index (χ3n) is 4.78. The van der Waals surface area contributed by atoms with Crippen molar-refractivity contribution in [3.8, 4) is 0 Å². The summed E-state index contributed by atoms with van der Waals surface area (Å²) in [7, 11) is 0. The molecule has 0 aliphatic rings. The van der Waals surface area contributed by atoms with Crippen molar-refractivity contribution in [3.05, 3.63) is 12.2 Å². The van der Waals surface area contributed by atoms with Crippen LogP contribution in [0.1, 0.15) is 117 Å². The van der Waals surface area contributed by atoms with Crippen LogP contribution >= 0.6 is 0 Å². The van der Waals surface area contributed by atoms with Gasteiger partial charge in [0.1, 0.15) is 6.61 Å². The van der Waals surface area contributed by atoms with Crippen molar-refractivity contribution in [1.29, 1.82) is 0 Å². The normalized spacial score (nSPS) is 11.3. The molecule has 0 saturated carbocycles. The first-order valence-corrected chi connectivity index (χ1v) is 11.7. The summed E-state index contributed by atoms with van der Waals surface area (Å²) >= 11 is 0. The van der Waals surface area contributed by atoms with Gasteiger partial charge >= 0.3 is 5.97 Å². The van der Waals surface area contributed by atoms with E-state index in [9.17, 15) is 4.79 Å². The monoisotopic (exact) mass is 382 g/mol. The van der Waals surface area contributed by atoms with Crippen molar-refractivity contribution >= 4 is 5.97 Å². The summed E-state index contributed by atoms with van der Waals surface area (Å²) in [5.74, 6) is -0.0771. The number of allylic oxidation sites excluding steroid dienone is 2. The zero-order valence-corrected chi connectivity index (χ0v) is 18.3. The van der Waals surface area contributed by atoms with Gasteiger partial charge in [-0.3, -0.25) is 4.79 Å². The lowest BCUT2D eigenvalue weighted by Crippen LogP contribution is -2.10. The minimum absolute atomic E-state index is 0.0771. The van der Waals surface area contributed by atoms with Gasteiger partial charge in [-0.2, -0.15) is 0 Å². The van der Waals surface area contributed by atoms with E-state index in [1.54, 1.807) is 0 Å². The van der Waals surface area contributed by atoms with Gasteiger partial charge in [-0.05, 0) is 38.5 Å². The van der Waals surface area contributed by atoms with Crippen molar-refractivity contribution < 1.29 is 14.3 Å². The predicted molar refractivity (Wildman–Crippen MR) is 116 cm³/mol. The summed E-state index contributed by atoms with van der Waals surface area (Å²) in [5.41, 5.74) is 0. The number of hydrogen-bond acceptors (Lipinski definition) is 3. The van der Waals surface area contributed by atoms with Gasteiger partial charge in [0.25, 0.3) is 0 Å². The number of unbranched alkanes of at least 4 members (excludes halogenated alkanes) is 12. The molecule has 160 valence electrons. The zero-order valence-electron chi connectivity index (χ0n) is 18.3. The van der Waals surface area contributed by atoms with Crippen LogP contribution in [0, 0.1) is 0 Å². The fourth-order valence-corrected chi connectivity index (χ4v) is 2.98. The first kappa shape index (κ1) is 26.2. The van der Waals surface area contributed by atoms with Gasteiger partial charge in [0.05, 0.1) is 6.61 Å². The van der Waals surface area contributed by atoms with Crippen molar-refractivity contribution in [2.45, 2.75) is 117 Å². The highest BCUT2D eigenvalue weighted by Crippen LogP contribution is 2.10. The number of esters is 1. The summed E-state index contributed by atoms with van der Waals surface area (Å²) in [6.45, 7) is 6.09. The van der Waals surface area contributed by atoms with Gasteiger partial charge in [-0.15, -0.1) is 0 Å². The highest BCUT2D eigenvalue weighted by Gasteiger charge is 2.02. The third kappa shape index (κ3) is 23.1. The van der Waals surface area contributed by atoms with Crippen LogP contribution in [0.5, 0.6) is 0 Å². The Balaban J connectivity index is 3.19. The molecule has 0 aromatic rings. The summed E-state index contributed by atoms with van der Waals surface area (Å²) in [6, 6.07) is 0. The van der Waals surface area contributed by atoms with Crippen LogP contribution in [-0.4, -0.2) is 25.8 Å². The summed E-state index contributed by atoms with van der Waals surface area (Å²) in [5, 5.41) is 0. The highest BCUT2D eigenvalue weighted by molar-refractivity contribution is 5.69. The number of ether oxygens (including phenoxy) is 2. The van der Waals surface area contributed by atoms with Gasteiger partial charge < -0.3 is 9.47 Å². The summed E-state index contributed by atoms with van der Waals surface area (Å²) < 4.78 is 10.5. The average Bonchev–Trinajstić information content (AvgIpc) is 2.67. The lowest BCUT2D eigenvalue weighted by molar-refractivity contribution is -0.145. The molecule has 0 aliphatic carbocycles. The topological polar surface area (TPSA) is 35.5 Å². The molecule has 3 heteroatoms. The second-order valence-corrected chi connectivity index (χ2v) is 7.52. The maximum Gasteiger partial charge on any atom is 0.305 e. The highest BCUT2D eigenvalue weighted by atomic mass is 16.6. The van der Waals surface area contributed by atoms with Crippen molar-refractivity contribution in [1.82, 2.24) is 0 Å². The van der Waals surface area contributed by atoms with E-state index in [4.69, 9.17) is 9.47 Å². The van der Waals surface area contributed by atoms with Crippen LogP contribution in [0.3, 0.4) is 0 Å². The van der Waals surface area contributed by atoms with E-state index in [1.165, 1.54) is 70.6 Å². The van der Waals surface area contributed by atoms with Gasteiger partial charge in [0, 0.05) is 13.0 Å². The Kier molecular flexibility index (Phi) is 22.5. The van der Waals surface area contributed by atoms with E-state index in [0.717, 1.165) is 32.3 Å².